The van der Waals surface area contributed by atoms with Crippen LogP contribution in [-0.2, 0) is 22.8 Å². The molecule has 0 radical (unpaired) electrons. The molecule has 0 aliphatic carbocycles. The van der Waals surface area contributed by atoms with Gasteiger partial charge in [0, 0.05) is 11.9 Å². The number of rotatable bonds is 7. The highest BCUT2D eigenvalue weighted by Crippen LogP contribution is 2.15. The molecule has 0 saturated heterocycles. The molecule has 0 bridgehead atoms. The Morgan fingerprint density at radius 3 is 2.56 bits per heavy atom. The van der Waals surface area contributed by atoms with Crippen molar-refractivity contribution in [1.82, 2.24) is 15.1 Å². The van der Waals surface area contributed by atoms with Crippen molar-refractivity contribution in [2.75, 3.05) is 25.6 Å². The third-order valence-electron chi connectivity index (χ3n) is 3.06. The molecule has 0 aliphatic heterocycles. The summed E-state index contributed by atoms with van der Waals surface area (Å²) in [6, 6.07) is 0. The van der Waals surface area contributed by atoms with E-state index in [9.17, 15) is 8.42 Å². The quantitative estimate of drug-likeness (QED) is 0.743. The smallest absolute Gasteiger partial charge is 0.149 e. The topological polar surface area (TPSA) is 64.0 Å². The van der Waals surface area contributed by atoms with Crippen molar-refractivity contribution in [2.24, 2.45) is 0 Å². The lowest BCUT2D eigenvalue weighted by Gasteiger charge is -2.05. The summed E-state index contributed by atoms with van der Waals surface area (Å²) in [7, 11) is -0.995. The summed E-state index contributed by atoms with van der Waals surface area (Å²) in [4.78, 5) is 0. The van der Waals surface area contributed by atoms with Gasteiger partial charge in [0.05, 0.1) is 18.0 Å². The molecule has 18 heavy (non-hydrogen) atoms. The van der Waals surface area contributed by atoms with Crippen LogP contribution in [0.15, 0.2) is 0 Å². The first-order chi connectivity index (χ1) is 8.35. The van der Waals surface area contributed by atoms with Crippen molar-refractivity contribution in [2.45, 2.75) is 33.2 Å². The molecule has 0 amide bonds. The second-order valence-electron chi connectivity index (χ2n) is 4.71. The summed E-state index contributed by atoms with van der Waals surface area (Å²) < 4.78 is 24.1. The Kier molecular flexibility index (Phi) is 5.34. The third kappa shape index (κ3) is 4.42. The van der Waals surface area contributed by atoms with Crippen LogP contribution in [0.3, 0.4) is 0 Å². The van der Waals surface area contributed by atoms with Crippen LogP contribution in [0.1, 0.15) is 23.4 Å². The number of nitrogens with one attached hydrogen (secondary N) is 1. The zero-order valence-electron chi connectivity index (χ0n) is 11.7. The van der Waals surface area contributed by atoms with Crippen LogP contribution in [-0.4, -0.2) is 43.8 Å². The van der Waals surface area contributed by atoms with E-state index in [0.717, 1.165) is 30.8 Å². The second-order valence-corrected chi connectivity index (χ2v) is 6.97. The van der Waals surface area contributed by atoms with Gasteiger partial charge in [-0.3, -0.25) is 4.68 Å². The Labute approximate surface area is 109 Å². The third-order valence-corrected chi connectivity index (χ3v) is 3.98. The molecule has 5 nitrogen and oxygen atoms in total. The number of hydrogen-bond acceptors (Lipinski definition) is 4. The van der Waals surface area contributed by atoms with E-state index in [1.807, 2.05) is 25.6 Å². The second kappa shape index (κ2) is 6.33. The minimum absolute atomic E-state index is 0.144. The Morgan fingerprint density at radius 1 is 1.33 bits per heavy atom. The summed E-state index contributed by atoms with van der Waals surface area (Å²) in [5.74, 6) is 0.144. The van der Waals surface area contributed by atoms with Gasteiger partial charge in [0.2, 0.25) is 0 Å². The predicted octanol–water partition coefficient (Wildman–Crippen LogP) is 0.697. The maximum absolute atomic E-state index is 11.2. The highest BCUT2D eigenvalue weighted by Gasteiger charge is 2.12. The summed E-state index contributed by atoms with van der Waals surface area (Å²) in [6.45, 7) is 5.42. The van der Waals surface area contributed by atoms with Gasteiger partial charge in [-0.1, -0.05) is 0 Å². The lowest BCUT2D eigenvalue weighted by atomic mass is 10.1. The largest absolute Gasteiger partial charge is 0.320 e. The van der Waals surface area contributed by atoms with Crippen molar-refractivity contribution in [3.05, 3.63) is 17.0 Å². The fraction of sp³-hybridized carbons (Fsp3) is 0.750. The van der Waals surface area contributed by atoms with Crippen molar-refractivity contribution in [1.29, 1.82) is 0 Å². The van der Waals surface area contributed by atoms with Gasteiger partial charge in [-0.15, -0.1) is 0 Å². The summed E-state index contributed by atoms with van der Waals surface area (Å²) in [6.07, 6.45) is 3.31. The van der Waals surface area contributed by atoms with Gasteiger partial charge in [-0.05, 0) is 45.8 Å². The van der Waals surface area contributed by atoms with E-state index in [4.69, 9.17) is 0 Å². The molecule has 0 aliphatic rings. The van der Waals surface area contributed by atoms with Gasteiger partial charge < -0.3 is 5.32 Å². The van der Waals surface area contributed by atoms with Gasteiger partial charge in [-0.2, -0.15) is 5.10 Å². The normalized spacial score (nSPS) is 12.0. The van der Waals surface area contributed by atoms with Crippen molar-refractivity contribution >= 4 is 9.84 Å². The fourth-order valence-electron chi connectivity index (χ4n) is 2.01. The molecule has 1 rings (SSSR count). The van der Waals surface area contributed by atoms with Gasteiger partial charge in [0.25, 0.3) is 0 Å². The first kappa shape index (κ1) is 15.2. The Balaban J connectivity index is 2.74. The van der Waals surface area contributed by atoms with Gasteiger partial charge >= 0.3 is 0 Å². The zero-order valence-corrected chi connectivity index (χ0v) is 12.5. The molecule has 1 aromatic heterocycles. The highest BCUT2D eigenvalue weighted by atomic mass is 32.2. The molecule has 0 spiro atoms. The molecular formula is C12H23N3O2S. The summed E-state index contributed by atoms with van der Waals surface area (Å²) in [5.41, 5.74) is 3.35. The molecule has 1 aromatic rings. The first-order valence-corrected chi connectivity index (χ1v) is 8.26. The van der Waals surface area contributed by atoms with Crippen LogP contribution in [0.4, 0.5) is 0 Å². The molecular weight excluding hydrogens is 250 g/mol. The summed E-state index contributed by atoms with van der Waals surface area (Å²) in [5, 5.41) is 7.55. The molecule has 0 unspecified atom stereocenters. The molecule has 0 saturated carbocycles. The first-order valence-electron chi connectivity index (χ1n) is 6.20. The van der Waals surface area contributed by atoms with Gasteiger partial charge in [-0.25, -0.2) is 8.42 Å². The molecule has 104 valence electrons. The standard InChI is InChI=1S/C12H23N3O2S/c1-10-12(6-5-7-13-3)11(2)15(14-10)8-9-18(4,16)17/h13H,5-9H2,1-4H3. The van der Waals surface area contributed by atoms with Crippen molar-refractivity contribution in [3.8, 4) is 0 Å². The lowest BCUT2D eigenvalue weighted by Crippen LogP contribution is -2.13. The van der Waals surface area contributed by atoms with Crippen LogP contribution in [0.5, 0.6) is 0 Å². The highest BCUT2D eigenvalue weighted by molar-refractivity contribution is 7.90. The zero-order chi connectivity index (χ0) is 13.8. The van der Waals surface area contributed by atoms with E-state index in [1.54, 1.807) is 0 Å². The van der Waals surface area contributed by atoms with Gasteiger partial charge in [0.15, 0.2) is 0 Å². The minimum Gasteiger partial charge on any atom is -0.320 e. The Hall–Kier alpha value is -0.880. The maximum Gasteiger partial charge on any atom is 0.149 e. The van der Waals surface area contributed by atoms with E-state index in [0.29, 0.717) is 6.54 Å². The van der Waals surface area contributed by atoms with Crippen LogP contribution in [0.25, 0.3) is 0 Å². The van der Waals surface area contributed by atoms with E-state index in [1.165, 1.54) is 11.8 Å². The number of sulfone groups is 1. The van der Waals surface area contributed by atoms with Crippen molar-refractivity contribution < 1.29 is 8.42 Å². The maximum atomic E-state index is 11.2. The number of hydrogen-bond donors (Lipinski definition) is 1. The summed E-state index contributed by atoms with van der Waals surface area (Å²) >= 11 is 0. The number of nitrogens with zero attached hydrogens (tertiary/aromatic N) is 2. The van der Waals surface area contributed by atoms with E-state index >= 15 is 0 Å². The average Bonchev–Trinajstić information content (AvgIpc) is 2.53. The average molecular weight is 273 g/mol. The van der Waals surface area contributed by atoms with E-state index in [-0.39, 0.29) is 5.75 Å². The molecule has 0 aromatic carbocycles. The van der Waals surface area contributed by atoms with Crippen molar-refractivity contribution in [3.63, 3.8) is 0 Å². The molecule has 1 N–H and O–H groups in total. The molecule has 1 heterocycles. The molecule has 0 fully saturated rings. The van der Waals surface area contributed by atoms with Crippen LogP contribution in [0, 0.1) is 13.8 Å². The number of aromatic nitrogens is 2. The fourth-order valence-corrected chi connectivity index (χ4v) is 2.51. The lowest BCUT2D eigenvalue weighted by molar-refractivity contribution is 0.581. The van der Waals surface area contributed by atoms with Crippen LogP contribution >= 0.6 is 0 Å². The van der Waals surface area contributed by atoms with E-state index in [2.05, 4.69) is 10.4 Å². The van der Waals surface area contributed by atoms with E-state index < -0.39 is 9.84 Å². The van der Waals surface area contributed by atoms with Crippen LogP contribution < -0.4 is 5.32 Å². The Bertz CT molecular complexity index is 492. The molecule has 0 atom stereocenters. The molecule has 6 heteroatoms. The SMILES string of the molecule is CNCCCc1c(C)nn(CCS(C)(=O)=O)c1C. The van der Waals surface area contributed by atoms with Crippen LogP contribution in [0.2, 0.25) is 0 Å². The monoisotopic (exact) mass is 273 g/mol. The minimum atomic E-state index is -2.93. The van der Waals surface area contributed by atoms with Gasteiger partial charge in [0.1, 0.15) is 9.84 Å². The number of aryl methyl sites for hydroxylation is 2. The predicted molar refractivity (Wildman–Crippen MR) is 73.7 cm³/mol. The Morgan fingerprint density at radius 2 is 2.00 bits per heavy atom.